The number of piperazine rings is 1. The smallest absolute Gasteiger partial charge is 0.413 e. The lowest BCUT2D eigenvalue weighted by Crippen LogP contribution is -2.57. The van der Waals surface area contributed by atoms with E-state index in [-0.39, 0.29) is 61.8 Å². The topological polar surface area (TPSA) is 135 Å². The molecule has 4 aromatic rings. The average molecular weight is 765 g/mol. The Balaban J connectivity index is 1.17. The predicted molar refractivity (Wildman–Crippen MR) is 201 cm³/mol. The molecule has 3 aromatic heterocycles. The van der Waals surface area contributed by atoms with Gasteiger partial charge in [-0.15, -0.1) is 0 Å². The van der Waals surface area contributed by atoms with E-state index in [1.165, 1.54) is 18.3 Å². The van der Waals surface area contributed by atoms with Crippen LogP contribution in [0.3, 0.4) is 0 Å². The molecule has 8 rings (SSSR count). The van der Waals surface area contributed by atoms with E-state index in [2.05, 4.69) is 30.1 Å². The molecule has 2 unspecified atom stereocenters. The summed E-state index contributed by atoms with van der Waals surface area (Å²) in [6, 6.07) is 2.48. The highest BCUT2D eigenvalue weighted by molar-refractivity contribution is 7.22. The van der Waals surface area contributed by atoms with Crippen LogP contribution in [-0.4, -0.2) is 104 Å². The molecule has 2 amide bonds. The van der Waals surface area contributed by atoms with Crippen molar-refractivity contribution < 1.29 is 32.6 Å². The fraction of sp³-hybridized carbons (Fsp3) is 0.579. The van der Waals surface area contributed by atoms with Crippen LogP contribution in [0.25, 0.3) is 32.4 Å². The number of rotatable bonds is 6. The molecule has 16 heteroatoms. The Bertz CT molecular complexity index is 2110. The maximum atomic E-state index is 17.0. The van der Waals surface area contributed by atoms with Gasteiger partial charge in [0.25, 0.3) is 0 Å². The molecule has 1 aromatic carbocycles. The largest absolute Gasteiger partial charge is 0.461 e. The van der Waals surface area contributed by atoms with Gasteiger partial charge in [0.1, 0.15) is 40.7 Å². The summed E-state index contributed by atoms with van der Waals surface area (Å²) in [5, 5.41) is 3.05. The van der Waals surface area contributed by atoms with Crippen molar-refractivity contribution in [1.82, 2.24) is 29.7 Å². The lowest BCUT2D eigenvalue weighted by molar-refractivity contribution is 0.0122. The molecule has 0 aliphatic carbocycles. The van der Waals surface area contributed by atoms with Crippen LogP contribution in [0.4, 0.5) is 29.3 Å². The Morgan fingerprint density at radius 3 is 2.30 bits per heavy atom. The summed E-state index contributed by atoms with van der Waals surface area (Å²) in [5.41, 5.74) is -1.17. The molecule has 1 N–H and O–H groups in total. The van der Waals surface area contributed by atoms with Crippen LogP contribution in [0.1, 0.15) is 80.1 Å². The van der Waals surface area contributed by atoms with Gasteiger partial charge in [0.2, 0.25) is 0 Å². The molecule has 0 radical (unpaired) electrons. The molecule has 2 atom stereocenters. The van der Waals surface area contributed by atoms with Gasteiger partial charge < -0.3 is 19.1 Å². The van der Waals surface area contributed by atoms with Gasteiger partial charge >= 0.3 is 18.2 Å². The van der Waals surface area contributed by atoms with Gasteiger partial charge in [-0.3, -0.25) is 20.1 Å². The van der Waals surface area contributed by atoms with Crippen LogP contribution in [-0.2, 0) is 9.47 Å². The summed E-state index contributed by atoms with van der Waals surface area (Å²) in [6.45, 7) is 14.1. The third-order valence-corrected chi connectivity index (χ3v) is 11.6. The zero-order valence-corrected chi connectivity index (χ0v) is 32.3. The third-order valence-electron chi connectivity index (χ3n) is 10.7. The highest BCUT2D eigenvalue weighted by Gasteiger charge is 2.46. The van der Waals surface area contributed by atoms with Gasteiger partial charge in [0.05, 0.1) is 33.2 Å². The fourth-order valence-corrected chi connectivity index (χ4v) is 9.36. The number of carbonyl (C=O) groups excluding carboxylic acids is 2. The van der Waals surface area contributed by atoms with E-state index in [0.717, 1.165) is 63.0 Å². The van der Waals surface area contributed by atoms with Crippen molar-refractivity contribution in [3.63, 3.8) is 0 Å². The molecular weight excluding hydrogens is 719 g/mol. The summed E-state index contributed by atoms with van der Waals surface area (Å²) in [4.78, 5) is 50.7. The van der Waals surface area contributed by atoms with Crippen molar-refractivity contribution in [3.8, 4) is 17.3 Å². The number of hydrogen-bond donors (Lipinski definition) is 1. The number of aromatic nitrogens is 4. The number of fused-ring (bicyclic) bond motifs is 5. The van der Waals surface area contributed by atoms with Crippen LogP contribution in [0, 0.1) is 11.6 Å². The van der Waals surface area contributed by atoms with Crippen molar-refractivity contribution in [3.05, 3.63) is 30.0 Å². The minimum atomic E-state index is -0.753. The zero-order valence-electron chi connectivity index (χ0n) is 31.5. The van der Waals surface area contributed by atoms with Gasteiger partial charge in [-0.05, 0) is 105 Å². The van der Waals surface area contributed by atoms with E-state index in [1.807, 2.05) is 25.7 Å². The lowest BCUT2D eigenvalue weighted by Gasteiger charge is -2.42. The van der Waals surface area contributed by atoms with Crippen LogP contribution in [0.5, 0.6) is 6.01 Å². The number of halogens is 2. The Morgan fingerprint density at radius 2 is 1.63 bits per heavy atom. The summed E-state index contributed by atoms with van der Waals surface area (Å²) >= 11 is 0.916. The van der Waals surface area contributed by atoms with Crippen molar-refractivity contribution in [2.45, 2.75) is 109 Å². The van der Waals surface area contributed by atoms with Gasteiger partial charge in [-0.25, -0.2) is 23.4 Å². The first-order valence-corrected chi connectivity index (χ1v) is 19.5. The SMILES string of the molecule is CC(C)(C)OC(=O)Nc1nc2c(-c3ncc4c(N5CC6CCC(C5)N6C(=O)OC(C)(C)C)nc(OCC56CCCN5CCC6)nc4c3F)ccc(F)c2s1. The first-order chi connectivity index (χ1) is 25.6. The highest BCUT2D eigenvalue weighted by atomic mass is 32.1. The summed E-state index contributed by atoms with van der Waals surface area (Å²) in [6.07, 6.45) is 6.30. The van der Waals surface area contributed by atoms with E-state index in [0.29, 0.717) is 30.9 Å². The lowest BCUT2D eigenvalue weighted by atomic mass is 9.95. The first kappa shape index (κ1) is 36.5. The molecule has 4 aliphatic rings. The molecule has 54 heavy (non-hydrogen) atoms. The van der Waals surface area contributed by atoms with Gasteiger partial charge in [0.15, 0.2) is 10.9 Å². The second kappa shape index (κ2) is 13.4. The average Bonchev–Trinajstić information content (AvgIpc) is 3.84. The molecule has 7 heterocycles. The second-order valence-corrected chi connectivity index (χ2v) is 17.8. The number of nitrogens with one attached hydrogen (secondary N) is 1. The normalized spacial score (nSPS) is 21.2. The Morgan fingerprint density at radius 1 is 0.944 bits per heavy atom. The second-order valence-electron chi connectivity index (χ2n) is 16.8. The Kier molecular flexibility index (Phi) is 9.06. The number of anilines is 2. The van der Waals surface area contributed by atoms with E-state index in [1.54, 1.807) is 20.8 Å². The van der Waals surface area contributed by atoms with Crippen molar-refractivity contribution >= 4 is 55.6 Å². The van der Waals surface area contributed by atoms with Gasteiger partial charge in [-0.2, -0.15) is 9.97 Å². The van der Waals surface area contributed by atoms with E-state index in [9.17, 15) is 9.59 Å². The van der Waals surface area contributed by atoms with Gasteiger partial charge in [-0.1, -0.05) is 11.3 Å². The first-order valence-electron chi connectivity index (χ1n) is 18.7. The highest BCUT2D eigenvalue weighted by Crippen LogP contribution is 2.42. The molecule has 0 saturated carbocycles. The summed E-state index contributed by atoms with van der Waals surface area (Å²) < 4.78 is 49.8. The Labute approximate surface area is 316 Å². The molecule has 4 aliphatic heterocycles. The van der Waals surface area contributed by atoms with Crippen molar-refractivity contribution in [1.29, 1.82) is 0 Å². The molecule has 288 valence electrons. The standard InChI is InChI=1S/C38H46F2N8O5S/c1-36(2,3)52-34(49)45-33-43-29-23(11-12-25(39)30(29)54-33)27-26(40)28-24(17-41-27)31(44-32(42-28)51-20-38-13-7-15-47(38)16-8-14-38)46-18-21-9-10-22(19-46)48(21)35(50)53-37(4,5)6/h11-12,17,21-22H,7-10,13-16,18-20H2,1-6H3,(H,43,45,49). The predicted octanol–water partition coefficient (Wildman–Crippen LogP) is 7.52. The van der Waals surface area contributed by atoms with Crippen molar-refractivity contribution in [2.24, 2.45) is 0 Å². The summed E-state index contributed by atoms with van der Waals surface area (Å²) in [5.74, 6) is -0.833. The van der Waals surface area contributed by atoms with Crippen LogP contribution < -0.4 is 15.0 Å². The van der Waals surface area contributed by atoms with E-state index in [4.69, 9.17) is 19.2 Å². The molecule has 4 saturated heterocycles. The van der Waals surface area contributed by atoms with Crippen LogP contribution in [0.2, 0.25) is 0 Å². The minimum absolute atomic E-state index is 0.00827. The molecule has 13 nitrogen and oxygen atoms in total. The number of ether oxygens (including phenoxy) is 3. The van der Waals surface area contributed by atoms with Gasteiger partial charge in [0, 0.05) is 24.8 Å². The number of benzene rings is 1. The monoisotopic (exact) mass is 764 g/mol. The quantitative estimate of drug-likeness (QED) is 0.209. The minimum Gasteiger partial charge on any atom is -0.461 e. The molecule has 4 fully saturated rings. The number of hydrogen-bond acceptors (Lipinski definition) is 12. The zero-order chi connectivity index (χ0) is 38.2. The van der Waals surface area contributed by atoms with Crippen molar-refractivity contribution in [2.75, 3.05) is 43.0 Å². The maximum absolute atomic E-state index is 17.0. The molecular formula is C38H46F2N8O5S. The number of pyridine rings is 1. The van der Waals surface area contributed by atoms with Crippen LogP contribution in [0.15, 0.2) is 18.3 Å². The van der Waals surface area contributed by atoms with Crippen LogP contribution >= 0.6 is 11.3 Å². The number of carbonyl (C=O) groups is 2. The third kappa shape index (κ3) is 6.86. The number of thiazole rings is 1. The molecule has 0 spiro atoms. The number of nitrogens with zero attached hydrogens (tertiary/aromatic N) is 7. The summed E-state index contributed by atoms with van der Waals surface area (Å²) in [7, 11) is 0. The Hall–Kier alpha value is -4.44. The molecule has 2 bridgehead atoms. The van der Waals surface area contributed by atoms with E-state index < -0.39 is 28.9 Å². The number of amides is 2. The van der Waals surface area contributed by atoms with E-state index >= 15 is 8.78 Å². The fourth-order valence-electron chi connectivity index (χ4n) is 8.47. The maximum Gasteiger partial charge on any atom is 0.413 e.